The van der Waals surface area contributed by atoms with Crippen molar-refractivity contribution in [3.8, 4) is 22.9 Å². The molecule has 0 radical (unpaired) electrons. The van der Waals surface area contributed by atoms with Crippen molar-refractivity contribution in [3.63, 3.8) is 0 Å². The molecule has 0 aliphatic rings. The van der Waals surface area contributed by atoms with Gasteiger partial charge in [-0.1, -0.05) is 6.92 Å². The number of hydrogen-bond donors (Lipinski definition) is 1. The van der Waals surface area contributed by atoms with Crippen LogP contribution in [0.3, 0.4) is 0 Å². The van der Waals surface area contributed by atoms with E-state index in [0.29, 0.717) is 23.7 Å². The third kappa shape index (κ3) is 2.85. The number of benzene rings is 1. The van der Waals surface area contributed by atoms with Gasteiger partial charge in [0.1, 0.15) is 5.82 Å². The first-order valence-corrected chi connectivity index (χ1v) is 6.90. The third-order valence-electron chi connectivity index (χ3n) is 2.89. The lowest BCUT2D eigenvalue weighted by Gasteiger charge is -2.11. The average molecular weight is 339 g/mol. The van der Waals surface area contributed by atoms with Crippen LogP contribution in [0.4, 0.5) is 0 Å². The minimum Gasteiger partial charge on any atom is -0.493 e. The molecular formula is C14H15BrN2O3. The van der Waals surface area contributed by atoms with Crippen LogP contribution in [0.15, 0.2) is 27.5 Å². The highest BCUT2D eigenvalue weighted by molar-refractivity contribution is 9.10. The summed E-state index contributed by atoms with van der Waals surface area (Å²) in [6.45, 7) is 1.95. The molecule has 0 aliphatic heterocycles. The van der Waals surface area contributed by atoms with Crippen LogP contribution >= 0.6 is 15.9 Å². The van der Waals surface area contributed by atoms with Gasteiger partial charge in [0.25, 0.3) is 5.56 Å². The van der Waals surface area contributed by atoms with Crippen LogP contribution in [0.25, 0.3) is 11.4 Å². The van der Waals surface area contributed by atoms with E-state index in [2.05, 4.69) is 25.9 Å². The van der Waals surface area contributed by atoms with Gasteiger partial charge in [0.15, 0.2) is 11.5 Å². The maximum Gasteiger partial charge on any atom is 0.251 e. The van der Waals surface area contributed by atoms with Gasteiger partial charge in [-0.3, -0.25) is 4.79 Å². The SMILES string of the molecule is CCc1cc(=O)[nH]c(-c2cc(OC)c(OC)cc2Br)n1. The van der Waals surface area contributed by atoms with Gasteiger partial charge in [-0.2, -0.15) is 0 Å². The van der Waals surface area contributed by atoms with E-state index in [0.717, 1.165) is 15.7 Å². The van der Waals surface area contributed by atoms with E-state index in [9.17, 15) is 4.79 Å². The second kappa shape index (κ2) is 6.09. The first kappa shape index (κ1) is 14.6. The van der Waals surface area contributed by atoms with E-state index < -0.39 is 0 Å². The van der Waals surface area contributed by atoms with Gasteiger partial charge in [-0.25, -0.2) is 4.98 Å². The Morgan fingerprint density at radius 3 is 2.45 bits per heavy atom. The fraction of sp³-hybridized carbons (Fsp3) is 0.286. The van der Waals surface area contributed by atoms with Gasteiger partial charge in [0.05, 0.1) is 14.2 Å². The summed E-state index contributed by atoms with van der Waals surface area (Å²) in [5.74, 6) is 1.69. The molecule has 20 heavy (non-hydrogen) atoms. The van der Waals surface area contributed by atoms with Crippen molar-refractivity contribution in [3.05, 3.63) is 38.7 Å². The molecule has 0 spiro atoms. The van der Waals surface area contributed by atoms with Crippen molar-refractivity contribution in [2.24, 2.45) is 0 Å². The fourth-order valence-corrected chi connectivity index (χ4v) is 2.36. The molecule has 0 atom stereocenters. The van der Waals surface area contributed by atoms with E-state index >= 15 is 0 Å². The van der Waals surface area contributed by atoms with E-state index in [1.54, 1.807) is 26.4 Å². The summed E-state index contributed by atoms with van der Waals surface area (Å²) in [4.78, 5) is 18.8. The smallest absolute Gasteiger partial charge is 0.251 e. The Morgan fingerprint density at radius 1 is 1.20 bits per heavy atom. The Hall–Kier alpha value is -1.82. The minimum absolute atomic E-state index is 0.173. The Morgan fingerprint density at radius 2 is 1.85 bits per heavy atom. The first-order valence-electron chi connectivity index (χ1n) is 6.11. The van der Waals surface area contributed by atoms with Crippen LogP contribution in [0.2, 0.25) is 0 Å². The summed E-state index contributed by atoms with van der Waals surface area (Å²) >= 11 is 3.46. The summed E-state index contributed by atoms with van der Waals surface area (Å²) in [5.41, 5.74) is 1.31. The summed E-state index contributed by atoms with van der Waals surface area (Å²) in [7, 11) is 3.13. The summed E-state index contributed by atoms with van der Waals surface area (Å²) in [6.07, 6.45) is 0.696. The maximum absolute atomic E-state index is 11.7. The van der Waals surface area contributed by atoms with Crippen LogP contribution in [0.5, 0.6) is 11.5 Å². The molecule has 1 heterocycles. The van der Waals surface area contributed by atoms with Crippen LogP contribution < -0.4 is 15.0 Å². The van der Waals surface area contributed by atoms with Crippen LogP contribution in [0.1, 0.15) is 12.6 Å². The molecular weight excluding hydrogens is 324 g/mol. The van der Waals surface area contributed by atoms with Crippen LogP contribution in [-0.2, 0) is 6.42 Å². The number of nitrogens with one attached hydrogen (secondary N) is 1. The predicted molar refractivity (Wildman–Crippen MR) is 80.5 cm³/mol. The minimum atomic E-state index is -0.173. The van der Waals surface area contributed by atoms with E-state index in [1.807, 2.05) is 6.92 Å². The lowest BCUT2D eigenvalue weighted by atomic mass is 10.1. The summed E-state index contributed by atoms with van der Waals surface area (Å²) < 4.78 is 11.3. The molecule has 1 aromatic heterocycles. The zero-order valence-electron chi connectivity index (χ0n) is 11.5. The van der Waals surface area contributed by atoms with E-state index in [4.69, 9.17) is 9.47 Å². The quantitative estimate of drug-likeness (QED) is 0.930. The standard InChI is InChI=1S/C14H15BrN2O3/c1-4-8-5-13(18)17-14(16-8)9-6-11(19-2)12(20-3)7-10(9)15/h5-7H,4H2,1-3H3,(H,16,17,18). The van der Waals surface area contributed by atoms with Crippen LogP contribution in [0, 0.1) is 0 Å². The molecule has 2 aromatic rings. The number of ether oxygens (including phenoxy) is 2. The van der Waals surface area contributed by atoms with Crippen molar-refractivity contribution in [1.82, 2.24) is 9.97 Å². The lowest BCUT2D eigenvalue weighted by molar-refractivity contribution is 0.355. The number of H-pyrrole nitrogens is 1. The Kier molecular flexibility index (Phi) is 4.44. The number of rotatable bonds is 4. The molecule has 0 unspecified atom stereocenters. The second-order valence-corrected chi connectivity index (χ2v) is 4.98. The van der Waals surface area contributed by atoms with Gasteiger partial charge < -0.3 is 14.5 Å². The molecule has 0 saturated heterocycles. The molecule has 1 aromatic carbocycles. The van der Waals surface area contributed by atoms with Crippen molar-refractivity contribution in [2.75, 3.05) is 14.2 Å². The number of halogens is 1. The molecule has 2 rings (SSSR count). The van der Waals surface area contributed by atoms with E-state index in [-0.39, 0.29) is 5.56 Å². The molecule has 0 fully saturated rings. The highest BCUT2D eigenvalue weighted by Gasteiger charge is 2.13. The van der Waals surface area contributed by atoms with Gasteiger partial charge in [-0.05, 0) is 34.5 Å². The molecule has 0 aliphatic carbocycles. The van der Waals surface area contributed by atoms with Crippen molar-refractivity contribution < 1.29 is 9.47 Å². The normalized spacial score (nSPS) is 10.4. The largest absolute Gasteiger partial charge is 0.493 e. The van der Waals surface area contributed by atoms with Gasteiger partial charge in [-0.15, -0.1) is 0 Å². The first-order chi connectivity index (χ1) is 9.58. The van der Waals surface area contributed by atoms with Gasteiger partial charge >= 0.3 is 0 Å². The fourth-order valence-electron chi connectivity index (χ4n) is 1.85. The number of nitrogens with zero attached hydrogens (tertiary/aromatic N) is 1. The molecule has 0 saturated carbocycles. The molecule has 6 heteroatoms. The zero-order valence-corrected chi connectivity index (χ0v) is 13.1. The van der Waals surface area contributed by atoms with Gasteiger partial charge in [0.2, 0.25) is 0 Å². The number of methoxy groups -OCH3 is 2. The molecule has 5 nitrogen and oxygen atoms in total. The topological polar surface area (TPSA) is 64.2 Å². The monoisotopic (exact) mass is 338 g/mol. The molecule has 0 amide bonds. The third-order valence-corrected chi connectivity index (χ3v) is 3.54. The number of aromatic nitrogens is 2. The van der Waals surface area contributed by atoms with Crippen molar-refractivity contribution >= 4 is 15.9 Å². The molecule has 106 valence electrons. The Labute approximate surface area is 125 Å². The summed E-state index contributed by atoms with van der Waals surface area (Å²) in [6, 6.07) is 5.06. The van der Waals surface area contributed by atoms with Crippen molar-refractivity contribution in [1.29, 1.82) is 0 Å². The Bertz CT molecular complexity index is 683. The highest BCUT2D eigenvalue weighted by Crippen LogP contribution is 2.37. The highest BCUT2D eigenvalue weighted by atomic mass is 79.9. The predicted octanol–water partition coefficient (Wildman–Crippen LogP) is 2.78. The van der Waals surface area contributed by atoms with Gasteiger partial charge in [0, 0.05) is 21.8 Å². The average Bonchev–Trinajstić information content (AvgIpc) is 2.46. The lowest BCUT2D eigenvalue weighted by Crippen LogP contribution is -2.10. The Balaban J connectivity index is 2.63. The zero-order chi connectivity index (χ0) is 14.7. The second-order valence-electron chi connectivity index (χ2n) is 4.13. The maximum atomic E-state index is 11.7. The number of aromatic amines is 1. The summed E-state index contributed by atoms with van der Waals surface area (Å²) in [5, 5.41) is 0. The number of aryl methyl sites for hydroxylation is 1. The van der Waals surface area contributed by atoms with E-state index in [1.165, 1.54) is 6.07 Å². The molecule has 0 bridgehead atoms. The molecule has 1 N–H and O–H groups in total. The van der Waals surface area contributed by atoms with Crippen LogP contribution in [-0.4, -0.2) is 24.2 Å². The number of hydrogen-bond acceptors (Lipinski definition) is 4. The van der Waals surface area contributed by atoms with Crippen molar-refractivity contribution in [2.45, 2.75) is 13.3 Å².